The van der Waals surface area contributed by atoms with Gasteiger partial charge in [-0.05, 0) is 25.2 Å². The molecular weight excluding hydrogens is 337 g/mol. The summed E-state index contributed by atoms with van der Waals surface area (Å²) in [7, 11) is 2.04. The first-order chi connectivity index (χ1) is 10.9. The second-order valence-electron chi connectivity index (χ2n) is 5.73. The van der Waals surface area contributed by atoms with Crippen molar-refractivity contribution in [3.8, 4) is 0 Å². The highest BCUT2D eigenvalue weighted by Crippen LogP contribution is 2.25. The van der Waals surface area contributed by atoms with Crippen molar-refractivity contribution in [1.29, 1.82) is 0 Å². The van der Waals surface area contributed by atoms with Crippen molar-refractivity contribution in [3.63, 3.8) is 0 Å². The van der Waals surface area contributed by atoms with Crippen LogP contribution in [0, 0.1) is 0 Å². The van der Waals surface area contributed by atoms with Crippen LogP contribution in [0.3, 0.4) is 0 Å². The zero-order chi connectivity index (χ0) is 17.0. The lowest BCUT2D eigenvalue weighted by Gasteiger charge is -2.33. The maximum absolute atomic E-state index is 12.3. The number of rotatable bonds is 4. The number of amides is 2. The van der Waals surface area contributed by atoms with Gasteiger partial charge in [-0.3, -0.25) is 9.59 Å². The first-order valence-electron chi connectivity index (χ1n) is 7.57. The van der Waals surface area contributed by atoms with E-state index < -0.39 is 0 Å². The quantitative estimate of drug-likeness (QED) is 0.831. The van der Waals surface area contributed by atoms with Crippen LogP contribution in [-0.2, 0) is 9.59 Å². The molecule has 1 aliphatic heterocycles. The minimum absolute atomic E-state index is 0.0671. The van der Waals surface area contributed by atoms with Crippen molar-refractivity contribution < 1.29 is 9.59 Å². The maximum Gasteiger partial charge on any atom is 0.224 e. The van der Waals surface area contributed by atoms with Gasteiger partial charge in [-0.25, -0.2) is 0 Å². The number of halogens is 2. The van der Waals surface area contributed by atoms with Crippen LogP contribution < -0.4 is 4.90 Å². The standard InChI is InChI=1S/C16H21Cl2N3O2/c1-12(22)21(15-10-13(17)9-14(18)11-15)4-3-16(23)20-7-5-19(2)6-8-20/h9-11H,3-8H2,1-2H3. The van der Waals surface area contributed by atoms with E-state index in [1.807, 2.05) is 11.9 Å². The molecule has 1 aliphatic rings. The molecule has 5 nitrogen and oxygen atoms in total. The Labute approximate surface area is 146 Å². The Morgan fingerprint density at radius 1 is 1.09 bits per heavy atom. The lowest BCUT2D eigenvalue weighted by molar-refractivity contribution is -0.132. The van der Waals surface area contributed by atoms with Gasteiger partial charge in [-0.2, -0.15) is 0 Å². The summed E-state index contributed by atoms with van der Waals surface area (Å²) in [5.41, 5.74) is 0.612. The predicted molar refractivity (Wildman–Crippen MR) is 93.2 cm³/mol. The third-order valence-electron chi connectivity index (χ3n) is 3.94. The average Bonchev–Trinajstić information content (AvgIpc) is 2.46. The lowest BCUT2D eigenvalue weighted by Crippen LogP contribution is -2.47. The van der Waals surface area contributed by atoms with Crippen molar-refractivity contribution in [2.24, 2.45) is 0 Å². The molecule has 0 radical (unpaired) electrons. The maximum atomic E-state index is 12.3. The van der Waals surface area contributed by atoms with E-state index in [1.165, 1.54) is 11.8 Å². The molecule has 126 valence electrons. The summed E-state index contributed by atoms with van der Waals surface area (Å²) in [6, 6.07) is 4.96. The van der Waals surface area contributed by atoms with Crippen molar-refractivity contribution in [1.82, 2.24) is 9.80 Å². The normalized spacial score (nSPS) is 15.6. The number of hydrogen-bond donors (Lipinski definition) is 0. The Kier molecular flexibility index (Phi) is 6.27. The van der Waals surface area contributed by atoms with Crippen molar-refractivity contribution in [2.75, 3.05) is 44.7 Å². The van der Waals surface area contributed by atoms with Gasteiger partial charge in [0, 0.05) is 61.8 Å². The molecule has 0 aliphatic carbocycles. The summed E-state index contributed by atoms with van der Waals surface area (Å²) in [6.07, 6.45) is 0.285. The predicted octanol–water partition coefficient (Wildman–Crippen LogP) is 2.51. The highest BCUT2D eigenvalue weighted by atomic mass is 35.5. The molecule has 0 atom stereocenters. The topological polar surface area (TPSA) is 43.9 Å². The Hall–Kier alpha value is -1.30. The molecule has 0 aromatic heterocycles. The van der Waals surface area contributed by atoms with Gasteiger partial charge >= 0.3 is 0 Å². The number of benzene rings is 1. The molecule has 1 saturated heterocycles. The van der Waals surface area contributed by atoms with E-state index in [2.05, 4.69) is 4.90 Å². The van der Waals surface area contributed by atoms with E-state index in [0.717, 1.165) is 26.2 Å². The lowest BCUT2D eigenvalue weighted by atomic mass is 10.2. The van der Waals surface area contributed by atoms with Crippen LogP contribution in [0.1, 0.15) is 13.3 Å². The van der Waals surface area contributed by atoms with Crippen molar-refractivity contribution in [3.05, 3.63) is 28.2 Å². The fourth-order valence-corrected chi connectivity index (χ4v) is 3.10. The van der Waals surface area contributed by atoms with Gasteiger partial charge < -0.3 is 14.7 Å². The molecule has 1 aromatic rings. The molecule has 2 rings (SSSR count). The Morgan fingerprint density at radius 2 is 1.65 bits per heavy atom. The largest absolute Gasteiger partial charge is 0.340 e. The van der Waals surface area contributed by atoms with E-state index in [1.54, 1.807) is 18.2 Å². The molecule has 0 saturated carbocycles. The van der Waals surface area contributed by atoms with Crippen LogP contribution in [0.15, 0.2) is 18.2 Å². The number of piperazine rings is 1. The SMILES string of the molecule is CC(=O)N(CCC(=O)N1CCN(C)CC1)c1cc(Cl)cc(Cl)c1. The second-order valence-corrected chi connectivity index (χ2v) is 6.61. The number of nitrogens with zero attached hydrogens (tertiary/aromatic N) is 3. The number of carbonyl (C=O) groups is 2. The number of likely N-dealkylation sites (N-methyl/N-ethyl adjacent to an activating group) is 1. The number of hydrogen-bond acceptors (Lipinski definition) is 3. The zero-order valence-electron chi connectivity index (χ0n) is 13.4. The third-order valence-corrected chi connectivity index (χ3v) is 4.38. The molecule has 1 fully saturated rings. The van der Waals surface area contributed by atoms with Crippen LogP contribution in [0.2, 0.25) is 10.0 Å². The van der Waals surface area contributed by atoms with Crippen LogP contribution >= 0.6 is 23.2 Å². The van der Waals surface area contributed by atoms with Gasteiger partial charge in [0.25, 0.3) is 0 Å². The second kappa shape index (κ2) is 7.99. The summed E-state index contributed by atoms with van der Waals surface area (Å²) in [4.78, 5) is 29.8. The van der Waals surface area contributed by atoms with E-state index in [-0.39, 0.29) is 18.2 Å². The minimum Gasteiger partial charge on any atom is -0.340 e. The molecule has 7 heteroatoms. The molecule has 0 N–H and O–H groups in total. The van der Waals surface area contributed by atoms with Gasteiger partial charge in [0.15, 0.2) is 0 Å². The summed E-state index contributed by atoms with van der Waals surface area (Å²) in [6.45, 7) is 5.02. The molecule has 2 amide bonds. The molecule has 1 heterocycles. The molecule has 1 aromatic carbocycles. The molecular formula is C16H21Cl2N3O2. The fourth-order valence-electron chi connectivity index (χ4n) is 2.58. The Bertz CT molecular complexity index is 566. The molecule has 23 heavy (non-hydrogen) atoms. The van der Waals surface area contributed by atoms with E-state index in [9.17, 15) is 9.59 Å². The van der Waals surface area contributed by atoms with Crippen LogP contribution in [-0.4, -0.2) is 61.4 Å². The van der Waals surface area contributed by atoms with Crippen LogP contribution in [0.25, 0.3) is 0 Å². The monoisotopic (exact) mass is 357 g/mol. The van der Waals surface area contributed by atoms with Crippen LogP contribution in [0.4, 0.5) is 5.69 Å². The van der Waals surface area contributed by atoms with Crippen molar-refractivity contribution >= 4 is 40.7 Å². The van der Waals surface area contributed by atoms with E-state index in [4.69, 9.17) is 23.2 Å². The fraction of sp³-hybridized carbons (Fsp3) is 0.500. The third kappa shape index (κ3) is 5.09. The summed E-state index contributed by atoms with van der Waals surface area (Å²) in [5.74, 6) is -0.0769. The van der Waals surface area contributed by atoms with Gasteiger partial charge in [0.1, 0.15) is 0 Å². The van der Waals surface area contributed by atoms with Crippen LogP contribution in [0.5, 0.6) is 0 Å². The van der Waals surface area contributed by atoms with E-state index >= 15 is 0 Å². The average molecular weight is 358 g/mol. The highest BCUT2D eigenvalue weighted by molar-refractivity contribution is 6.35. The number of anilines is 1. The summed E-state index contributed by atoms with van der Waals surface area (Å²) in [5, 5.41) is 0.924. The first kappa shape index (κ1) is 18.0. The van der Waals surface area contributed by atoms with Gasteiger partial charge in [0.05, 0.1) is 0 Å². The Balaban J connectivity index is 2.00. The van der Waals surface area contributed by atoms with E-state index in [0.29, 0.717) is 22.3 Å². The molecule has 0 bridgehead atoms. The van der Waals surface area contributed by atoms with Gasteiger partial charge in [-0.15, -0.1) is 0 Å². The molecule has 0 unspecified atom stereocenters. The zero-order valence-corrected chi connectivity index (χ0v) is 14.9. The number of carbonyl (C=O) groups excluding carboxylic acids is 2. The van der Waals surface area contributed by atoms with Gasteiger partial charge in [-0.1, -0.05) is 23.2 Å². The highest BCUT2D eigenvalue weighted by Gasteiger charge is 2.21. The van der Waals surface area contributed by atoms with Crippen molar-refractivity contribution in [2.45, 2.75) is 13.3 Å². The summed E-state index contributed by atoms with van der Waals surface area (Å²) >= 11 is 12.0. The first-order valence-corrected chi connectivity index (χ1v) is 8.33. The smallest absolute Gasteiger partial charge is 0.224 e. The summed E-state index contributed by atoms with van der Waals surface area (Å²) < 4.78 is 0. The Morgan fingerprint density at radius 3 is 2.17 bits per heavy atom. The van der Waals surface area contributed by atoms with Gasteiger partial charge in [0.2, 0.25) is 11.8 Å². The molecule has 0 spiro atoms. The minimum atomic E-state index is -0.144.